The predicted molar refractivity (Wildman–Crippen MR) is 60.2 cm³/mol. The summed E-state index contributed by atoms with van der Waals surface area (Å²) in [6, 6.07) is 9.10. The number of carbonyl (C=O) groups is 1. The van der Waals surface area contributed by atoms with E-state index in [9.17, 15) is 4.79 Å². The molecular formula is C11H11N3O2. The largest absolute Gasteiger partial charge is 0.462 e. The molecule has 0 unspecified atom stereocenters. The summed E-state index contributed by atoms with van der Waals surface area (Å²) in [5.41, 5.74) is 9.07. The molecule has 82 valence electrons. The third-order valence-electron chi connectivity index (χ3n) is 1.74. The van der Waals surface area contributed by atoms with Gasteiger partial charge in [0, 0.05) is 4.91 Å². The SMILES string of the molecule is CCOC(=O)/C(=C\c1ccccc1)N=[N+]=[N-]. The molecular weight excluding hydrogens is 206 g/mol. The van der Waals surface area contributed by atoms with E-state index in [1.54, 1.807) is 19.1 Å². The molecule has 5 nitrogen and oxygen atoms in total. The lowest BCUT2D eigenvalue weighted by molar-refractivity contribution is -0.138. The second kappa shape index (κ2) is 6.27. The fourth-order valence-electron chi connectivity index (χ4n) is 1.09. The molecule has 0 amide bonds. The van der Waals surface area contributed by atoms with Crippen LogP contribution in [0, 0.1) is 0 Å². The van der Waals surface area contributed by atoms with Crippen LogP contribution in [0.2, 0.25) is 0 Å². The van der Waals surface area contributed by atoms with Crippen LogP contribution < -0.4 is 0 Å². The van der Waals surface area contributed by atoms with E-state index in [0.29, 0.717) is 0 Å². The smallest absolute Gasteiger partial charge is 0.340 e. The Balaban J connectivity index is 2.98. The molecule has 0 aliphatic rings. The third-order valence-corrected chi connectivity index (χ3v) is 1.74. The Morgan fingerprint density at radius 2 is 2.19 bits per heavy atom. The van der Waals surface area contributed by atoms with Crippen LogP contribution in [0.4, 0.5) is 0 Å². The van der Waals surface area contributed by atoms with E-state index in [0.717, 1.165) is 5.56 Å². The van der Waals surface area contributed by atoms with Crippen molar-refractivity contribution < 1.29 is 9.53 Å². The molecule has 16 heavy (non-hydrogen) atoms. The minimum Gasteiger partial charge on any atom is -0.462 e. The van der Waals surface area contributed by atoms with E-state index in [1.807, 2.05) is 18.2 Å². The summed E-state index contributed by atoms with van der Waals surface area (Å²) in [5.74, 6) is -0.621. The number of azide groups is 1. The molecule has 1 aromatic rings. The van der Waals surface area contributed by atoms with E-state index in [-0.39, 0.29) is 12.3 Å². The maximum Gasteiger partial charge on any atom is 0.340 e. The first kappa shape index (κ1) is 11.8. The van der Waals surface area contributed by atoms with E-state index >= 15 is 0 Å². The van der Waals surface area contributed by atoms with Crippen LogP contribution in [0.25, 0.3) is 16.5 Å². The minimum atomic E-state index is -0.621. The van der Waals surface area contributed by atoms with Crippen LogP contribution in [-0.4, -0.2) is 12.6 Å². The second-order valence-corrected chi connectivity index (χ2v) is 2.85. The molecule has 0 heterocycles. The molecule has 0 bridgehead atoms. The van der Waals surface area contributed by atoms with Crippen LogP contribution >= 0.6 is 0 Å². The number of benzene rings is 1. The summed E-state index contributed by atoms with van der Waals surface area (Å²) in [4.78, 5) is 14.0. The first-order valence-corrected chi connectivity index (χ1v) is 4.77. The van der Waals surface area contributed by atoms with Gasteiger partial charge in [0.15, 0.2) is 0 Å². The zero-order valence-electron chi connectivity index (χ0n) is 8.83. The predicted octanol–water partition coefficient (Wildman–Crippen LogP) is 2.90. The number of carbonyl (C=O) groups excluding carboxylic acids is 1. The van der Waals surface area contributed by atoms with Gasteiger partial charge in [-0.2, -0.15) is 0 Å². The lowest BCUT2D eigenvalue weighted by Gasteiger charge is -2.00. The molecule has 0 aliphatic heterocycles. The second-order valence-electron chi connectivity index (χ2n) is 2.85. The average Bonchev–Trinajstić information content (AvgIpc) is 2.30. The molecule has 0 spiro atoms. The molecule has 0 aliphatic carbocycles. The van der Waals surface area contributed by atoms with Gasteiger partial charge < -0.3 is 4.74 Å². The average molecular weight is 217 g/mol. The van der Waals surface area contributed by atoms with Gasteiger partial charge in [0.05, 0.1) is 6.61 Å². The number of ether oxygens (including phenoxy) is 1. The molecule has 5 heteroatoms. The first-order chi connectivity index (χ1) is 7.77. The zero-order chi connectivity index (χ0) is 11.8. The lowest BCUT2D eigenvalue weighted by atomic mass is 10.2. The van der Waals surface area contributed by atoms with Gasteiger partial charge in [-0.05, 0) is 24.1 Å². The Labute approximate surface area is 93.0 Å². The number of hydrogen-bond acceptors (Lipinski definition) is 3. The van der Waals surface area contributed by atoms with Crippen LogP contribution in [-0.2, 0) is 9.53 Å². The number of esters is 1. The van der Waals surface area contributed by atoms with Crippen molar-refractivity contribution in [2.24, 2.45) is 5.11 Å². The Bertz CT molecular complexity index is 434. The highest BCUT2D eigenvalue weighted by Crippen LogP contribution is 2.09. The number of nitrogens with zero attached hydrogens (tertiary/aromatic N) is 3. The normalized spacial score (nSPS) is 10.4. The van der Waals surface area contributed by atoms with Crippen LogP contribution in [0.15, 0.2) is 41.1 Å². The van der Waals surface area contributed by atoms with Gasteiger partial charge in [-0.15, -0.1) is 0 Å². The zero-order valence-corrected chi connectivity index (χ0v) is 8.83. The van der Waals surface area contributed by atoms with Gasteiger partial charge in [0.25, 0.3) is 0 Å². The molecule has 0 saturated heterocycles. The van der Waals surface area contributed by atoms with Crippen molar-refractivity contribution in [1.29, 1.82) is 0 Å². The molecule has 1 aromatic carbocycles. The fourth-order valence-corrected chi connectivity index (χ4v) is 1.09. The van der Waals surface area contributed by atoms with Gasteiger partial charge in [-0.3, -0.25) is 0 Å². The van der Waals surface area contributed by atoms with Gasteiger partial charge in [-0.25, -0.2) is 4.79 Å². The summed E-state index contributed by atoms with van der Waals surface area (Å²) < 4.78 is 4.76. The van der Waals surface area contributed by atoms with Crippen molar-refractivity contribution in [2.45, 2.75) is 6.92 Å². The standard InChI is InChI=1S/C11H11N3O2/c1-2-16-11(15)10(13-14-12)8-9-6-4-3-5-7-9/h3-8H,2H2,1H3/b10-8+. The van der Waals surface area contributed by atoms with Crippen LogP contribution in [0.1, 0.15) is 12.5 Å². The summed E-state index contributed by atoms with van der Waals surface area (Å²) in [6.07, 6.45) is 1.48. The molecule has 0 N–H and O–H groups in total. The fraction of sp³-hybridized carbons (Fsp3) is 0.182. The quantitative estimate of drug-likeness (QED) is 0.255. The monoisotopic (exact) mass is 217 g/mol. The molecule has 0 radical (unpaired) electrons. The highest BCUT2D eigenvalue weighted by molar-refractivity contribution is 5.93. The van der Waals surface area contributed by atoms with Crippen molar-refractivity contribution in [3.63, 3.8) is 0 Å². The van der Waals surface area contributed by atoms with Crippen molar-refractivity contribution >= 4 is 12.0 Å². The number of rotatable bonds is 4. The minimum absolute atomic E-state index is 0.0458. The molecule has 1 rings (SSSR count). The summed E-state index contributed by atoms with van der Waals surface area (Å²) in [6.45, 7) is 1.93. The van der Waals surface area contributed by atoms with E-state index in [2.05, 4.69) is 10.0 Å². The summed E-state index contributed by atoms with van der Waals surface area (Å²) in [7, 11) is 0. The topological polar surface area (TPSA) is 75.1 Å². The highest BCUT2D eigenvalue weighted by atomic mass is 16.5. The van der Waals surface area contributed by atoms with Crippen molar-refractivity contribution in [3.8, 4) is 0 Å². The van der Waals surface area contributed by atoms with Gasteiger partial charge in [0.1, 0.15) is 5.70 Å². The molecule has 0 saturated carbocycles. The summed E-state index contributed by atoms with van der Waals surface area (Å²) >= 11 is 0. The van der Waals surface area contributed by atoms with Crippen LogP contribution in [0.3, 0.4) is 0 Å². The Hall–Kier alpha value is -2.26. The summed E-state index contributed by atoms with van der Waals surface area (Å²) in [5, 5.41) is 3.31. The maximum atomic E-state index is 11.4. The molecule has 0 atom stereocenters. The third kappa shape index (κ3) is 3.48. The molecule has 0 fully saturated rings. The maximum absolute atomic E-state index is 11.4. The van der Waals surface area contributed by atoms with E-state index < -0.39 is 5.97 Å². The highest BCUT2D eigenvalue weighted by Gasteiger charge is 2.07. The Kier molecular flexibility index (Phi) is 4.63. The van der Waals surface area contributed by atoms with Gasteiger partial charge in [0.2, 0.25) is 0 Å². The van der Waals surface area contributed by atoms with E-state index in [1.165, 1.54) is 6.08 Å². The number of hydrogen-bond donors (Lipinski definition) is 0. The van der Waals surface area contributed by atoms with Crippen molar-refractivity contribution in [1.82, 2.24) is 0 Å². The van der Waals surface area contributed by atoms with E-state index in [4.69, 9.17) is 10.3 Å². The lowest BCUT2D eigenvalue weighted by Crippen LogP contribution is -2.05. The first-order valence-electron chi connectivity index (χ1n) is 4.77. The Morgan fingerprint density at radius 3 is 2.75 bits per heavy atom. The van der Waals surface area contributed by atoms with Crippen LogP contribution in [0.5, 0.6) is 0 Å². The van der Waals surface area contributed by atoms with Crippen molar-refractivity contribution in [3.05, 3.63) is 52.0 Å². The van der Waals surface area contributed by atoms with Gasteiger partial charge in [-0.1, -0.05) is 35.4 Å². The Morgan fingerprint density at radius 1 is 1.50 bits per heavy atom. The van der Waals surface area contributed by atoms with Crippen molar-refractivity contribution in [2.75, 3.05) is 6.61 Å². The molecule has 0 aromatic heterocycles. The van der Waals surface area contributed by atoms with Gasteiger partial charge >= 0.3 is 5.97 Å².